The molecule has 0 saturated carbocycles. The van der Waals surface area contributed by atoms with Gasteiger partial charge in [0.25, 0.3) is 5.91 Å². The van der Waals surface area contributed by atoms with Crippen LogP contribution in [-0.2, 0) is 16.1 Å². The Morgan fingerprint density at radius 1 is 1.12 bits per heavy atom. The number of carbonyl (C=O) groups is 2. The smallest absolute Gasteiger partial charge is 0.252 e. The van der Waals surface area contributed by atoms with Crippen molar-refractivity contribution in [3.8, 4) is 0 Å². The van der Waals surface area contributed by atoms with Crippen molar-refractivity contribution in [3.05, 3.63) is 59.3 Å². The Hall–Kier alpha value is -2.93. The van der Waals surface area contributed by atoms with Crippen molar-refractivity contribution in [2.24, 2.45) is 5.92 Å². The van der Waals surface area contributed by atoms with E-state index in [9.17, 15) is 9.59 Å². The molecule has 0 bridgehead atoms. The van der Waals surface area contributed by atoms with Crippen LogP contribution >= 0.6 is 0 Å². The summed E-state index contributed by atoms with van der Waals surface area (Å²) in [5.74, 6) is 0.417. The third-order valence-corrected chi connectivity index (χ3v) is 5.64. The summed E-state index contributed by atoms with van der Waals surface area (Å²) in [7, 11) is 0. The molecule has 172 valence electrons. The average Bonchev–Trinajstić information content (AvgIpc) is 2.75. The number of rotatable bonds is 7. The molecule has 2 aromatic rings. The van der Waals surface area contributed by atoms with Crippen LogP contribution in [0.5, 0.6) is 0 Å². The molecule has 0 spiro atoms. The molecule has 7 heteroatoms. The number of carbonyl (C=O) groups excluding carboxylic acids is 2. The fraction of sp³-hybridized carbons (Fsp3) is 0.480. The Bertz CT molecular complexity index is 919. The quantitative estimate of drug-likeness (QED) is 0.694. The first-order chi connectivity index (χ1) is 15.2. The lowest BCUT2D eigenvalue weighted by molar-refractivity contribution is -0.124. The van der Waals surface area contributed by atoms with Crippen LogP contribution in [0.4, 0.5) is 5.82 Å². The number of aryl methyl sites for hydroxylation is 1. The summed E-state index contributed by atoms with van der Waals surface area (Å²) < 4.78 is 5.78. The Morgan fingerprint density at radius 3 is 2.41 bits per heavy atom. The summed E-state index contributed by atoms with van der Waals surface area (Å²) in [4.78, 5) is 32.3. The third-order valence-electron chi connectivity index (χ3n) is 5.64. The number of hydrogen-bond acceptors (Lipinski definition) is 5. The van der Waals surface area contributed by atoms with Gasteiger partial charge in [0, 0.05) is 31.4 Å². The zero-order chi connectivity index (χ0) is 23.3. The van der Waals surface area contributed by atoms with E-state index in [0.717, 1.165) is 30.0 Å². The van der Waals surface area contributed by atoms with Gasteiger partial charge in [0.15, 0.2) is 0 Å². The fourth-order valence-electron chi connectivity index (χ4n) is 3.95. The number of nitrogens with zero attached hydrogens (tertiary/aromatic N) is 2. The van der Waals surface area contributed by atoms with Crippen molar-refractivity contribution in [1.29, 1.82) is 0 Å². The van der Waals surface area contributed by atoms with Gasteiger partial charge >= 0.3 is 0 Å². The van der Waals surface area contributed by atoms with Crippen molar-refractivity contribution in [3.63, 3.8) is 0 Å². The number of morpholine rings is 1. The first kappa shape index (κ1) is 23.7. The summed E-state index contributed by atoms with van der Waals surface area (Å²) in [6, 6.07) is 10.7. The number of ether oxygens (including phenoxy) is 1. The third kappa shape index (κ3) is 6.07. The maximum Gasteiger partial charge on any atom is 0.252 e. The van der Waals surface area contributed by atoms with E-state index in [1.807, 2.05) is 51.1 Å². The molecule has 3 unspecified atom stereocenters. The SMILES string of the molecule is Cc1ccccc1C(=O)NC(C(=O)NCc1ccc(N2CC(C)OC(C)C2)nc1)C(C)C. The van der Waals surface area contributed by atoms with Crippen molar-refractivity contribution in [2.45, 2.75) is 59.4 Å². The molecule has 1 aromatic heterocycles. The van der Waals surface area contributed by atoms with Crippen LogP contribution in [0.3, 0.4) is 0 Å². The minimum Gasteiger partial charge on any atom is -0.372 e. The zero-order valence-electron chi connectivity index (χ0n) is 19.6. The van der Waals surface area contributed by atoms with E-state index in [0.29, 0.717) is 12.1 Å². The normalized spacial score (nSPS) is 19.5. The fourth-order valence-corrected chi connectivity index (χ4v) is 3.95. The first-order valence-electron chi connectivity index (χ1n) is 11.2. The van der Waals surface area contributed by atoms with Gasteiger partial charge in [-0.1, -0.05) is 38.1 Å². The standard InChI is InChI=1S/C25H34N4O3/c1-16(2)23(28-24(30)21-9-7-6-8-17(21)3)25(31)27-13-20-10-11-22(26-12-20)29-14-18(4)32-19(5)15-29/h6-12,16,18-19,23H,13-15H2,1-5H3,(H,27,31)(H,28,30). The number of amides is 2. The second kappa shape index (κ2) is 10.6. The topological polar surface area (TPSA) is 83.6 Å². The summed E-state index contributed by atoms with van der Waals surface area (Å²) in [6.45, 7) is 11.8. The molecule has 2 heterocycles. The molecule has 7 nitrogen and oxygen atoms in total. The maximum absolute atomic E-state index is 12.8. The minimum atomic E-state index is -0.620. The molecule has 0 aliphatic carbocycles. The molecule has 1 aliphatic rings. The van der Waals surface area contributed by atoms with Crippen LogP contribution < -0.4 is 15.5 Å². The lowest BCUT2D eigenvalue weighted by Crippen LogP contribution is -2.49. The number of hydrogen-bond donors (Lipinski definition) is 2. The monoisotopic (exact) mass is 438 g/mol. The van der Waals surface area contributed by atoms with Gasteiger partial charge in [0.05, 0.1) is 12.2 Å². The van der Waals surface area contributed by atoms with E-state index in [1.165, 1.54) is 0 Å². The molecule has 1 saturated heterocycles. The Kier molecular flexibility index (Phi) is 7.85. The van der Waals surface area contributed by atoms with Crippen molar-refractivity contribution >= 4 is 17.6 Å². The van der Waals surface area contributed by atoms with Crippen LogP contribution in [0.15, 0.2) is 42.6 Å². The molecular formula is C25H34N4O3. The van der Waals surface area contributed by atoms with Gasteiger partial charge in [-0.25, -0.2) is 4.98 Å². The van der Waals surface area contributed by atoms with E-state index in [2.05, 4.69) is 34.4 Å². The van der Waals surface area contributed by atoms with Crippen LogP contribution in [0.1, 0.15) is 49.2 Å². The Labute approximate surface area is 190 Å². The Morgan fingerprint density at radius 2 is 1.81 bits per heavy atom. The molecule has 32 heavy (non-hydrogen) atoms. The summed E-state index contributed by atoms with van der Waals surface area (Å²) in [5, 5.41) is 5.82. The van der Waals surface area contributed by atoms with Crippen LogP contribution in [0.25, 0.3) is 0 Å². The highest BCUT2D eigenvalue weighted by Gasteiger charge is 2.25. The molecule has 2 N–H and O–H groups in total. The van der Waals surface area contributed by atoms with Crippen LogP contribution in [0, 0.1) is 12.8 Å². The molecule has 3 atom stereocenters. The number of benzene rings is 1. The lowest BCUT2D eigenvalue weighted by Gasteiger charge is -2.36. The van der Waals surface area contributed by atoms with Gasteiger partial charge in [-0.3, -0.25) is 9.59 Å². The zero-order valence-corrected chi connectivity index (χ0v) is 19.6. The van der Waals surface area contributed by atoms with Crippen LogP contribution in [0.2, 0.25) is 0 Å². The number of nitrogens with one attached hydrogen (secondary N) is 2. The van der Waals surface area contributed by atoms with Gasteiger partial charge < -0.3 is 20.3 Å². The second-order valence-electron chi connectivity index (χ2n) is 8.91. The van der Waals surface area contributed by atoms with Gasteiger partial charge in [-0.2, -0.15) is 0 Å². The van der Waals surface area contributed by atoms with E-state index in [4.69, 9.17) is 4.74 Å². The summed E-state index contributed by atoms with van der Waals surface area (Å²) >= 11 is 0. The Balaban J connectivity index is 1.58. The highest BCUT2D eigenvalue weighted by molar-refractivity contribution is 5.98. The summed E-state index contributed by atoms with van der Waals surface area (Å²) in [5.41, 5.74) is 2.37. The number of anilines is 1. The number of pyridine rings is 1. The van der Waals surface area contributed by atoms with Crippen molar-refractivity contribution in [2.75, 3.05) is 18.0 Å². The van der Waals surface area contributed by atoms with Gasteiger partial charge in [-0.15, -0.1) is 0 Å². The predicted octanol–water partition coefficient (Wildman–Crippen LogP) is 3.07. The van der Waals surface area contributed by atoms with E-state index >= 15 is 0 Å². The average molecular weight is 439 g/mol. The van der Waals surface area contributed by atoms with Crippen LogP contribution in [-0.4, -0.2) is 48.1 Å². The molecule has 0 radical (unpaired) electrons. The minimum absolute atomic E-state index is 0.0474. The molecule has 2 amide bonds. The molecule has 1 fully saturated rings. The summed E-state index contributed by atoms with van der Waals surface area (Å²) in [6.07, 6.45) is 2.13. The highest BCUT2D eigenvalue weighted by atomic mass is 16.5. The van der Waals surface area contributed by atoms with Gasteiger partial charge in [-0.05, 0) is 49.9 Å². The van der Waals surface area contributed by atoms with Gasteiger partial charge in [0.2, 0.25) is 5.91 Å². The number of aromatic nitrogens is 1. The lowest BCUT2D eigenvalue weighted by atomic mass is 10.0. The maximum atomic E-state index is 12.8. The van der Waals surface area contributed by atoms with Gasteiger partial charge in [0.1, 0.15) is 11.9 Å². The molecule has 1 aliphatic heterocycles. The molecular weight excluding hydrogens is 404 g/mol. The van der Waals surface area contributed by atoms with Crippen molar-refractivity contribution < 1.29 is 14.3 Å². The van der Waals surface area contributed by atoms with E-state index in [-0.39, 0.29) is 29.9 Å². The first-order valence-corrected chi connectivity index (χ1v) is 11.2. The second-order valence-corrected chi connectivity index (χ2v) is 8.91. The highest BCUT2D eigenvalue weighted by Crippen LogP contribution is 2.18. The van der Waals surface area contributed by atoms with E-state index in [1.54, 1.807) is 12.3 Å². The molecule has 3 rings (SSSR count). The van der Waals surface area contributed by atoms with Crippen molar-refractivity contribution in [1.82, 2.24) is 15.6 Å². The largest absolute Gasteiger partial charge is 0.372 e. The predicted molar refractivity (Wildman–Crippen MR) is 126 cm³/mol. The molecule has 1 aromatic carbocycles. The van der Waals surface area contributed by atoms with E-state index < -0.39 is 6.04 Å².